The van der Waals surface area contributed by atoms with Crippen molar-refractivity contribution in [3.63, 3.8) is 0 Å². The smallest absolute Gasteiger partial charge is 0.243 e. The number of hydrogen-bond donors (Lipinski definition) is 1. The second kappa shape index (κ2) is 7.92. The Bertz CT molecular complexity index is 543. The number of benzene rings is 1. The molecule has 0 saturated heterocycles. The Kier molecular flexibility index (Phi) is 6.84. The van der Waals surface area contributed by atoms with Gasteiger partial charge in [0.2, 0.25) is 10.0 Å². The van der Waals surface area contributed by atoms with Crippen molar-refractivity contribution >= 4 is 10.0 Å². The van der Waals surface area contributed by atoms with Gasteiger partial charge in [0.15, 0.2) is 0 Å². The molecule has 2 atom stereocenters. The van der Waals surface area contributed by atoms with Crippen molar-refractivity contribution in [3.05, 3.63) is 29.8 Å². The molecule has 21 heavy (non-hydrogen) atoms. The first-order valence-corrected chi connectivity index (χ1v) is 9.08. The summed E-state index contributed by atoms with van der Waals surface area (Å²) in [6, 6.07) is 7.35. The van der Waals surface area contributed by atoms with Crippen LogP contribution in [0.4, 0.5) is 0 Å². The maximum Gasteiger partial charge on any atom is 0.243 e. The Labute approximate surface area is 129 Å². The number of nitrogens with zero attached hydrogens (tertiary/aromatic N) is 1. The minimum atomic E-state index is -3.41. The van der Waals surface area contributed by atoms with Crippen LogP contribution in [0.25, 0.3) is 0 Å². The fraction of sp³-hybridized carbons (Fsp3) is 0.625. The molecule has 0 radical (unpaired) electrons. The average Bonchev–Trinajstić information content (AvgIpc) is 2.51. The Morgan fingerprint density at radius 1 is 1.24 bits per heavy atom. The molecule has 1 N–H and O–H groups in total. The predicted octanol–water partition coefficient (Wildman–Crippen LogP) is 3.02. The Hall–Kier alpha value is -0.910. The van der Waals surface area contributed by atoms with Crippen LogP contribution in [0.2, 0.25) is 0 Å². The minimum absolute atomic E-state index is 0.129. The summed E-state index contributed by atoms with van der Waals surface area (Å²) in [5.41, 5.74) is 0.984. The van der Waals surface area contributed by atoms with E-state index in [0.717, 1.165) is 12.0 Å². The van der Waals surface area contributed by atoms with Crippen molar-refractivity contribution in [3.8, 4) is 0 Å². The van der Waals surface area contributed by atoms with Crippen LogP contribution in [0.15, 0.2) is 29.2 Å². The highest BCUT2D eigenvalue weighted by Crippen LogP contribution is 2.21. The number of nitrogens with one attached hydrogen (secondary N) is 1. The number of rotatable bonds is 8. The highest BCUT2D eigenvalue weighted by Gasteiger charge is 2.24. The van der Waals surface area contributed by atoms with Gasteiger partial charge in [0.1, 0.15) is 0 Å². The van der Waals surface area contributed by atoms with E-state index < -0.39 is 10.0 Å². The molecule has 0 amide bonds. The molecule has 0 bridgehead atoms. The quantitative estimate of drug-likeness (QED) is 0.803. The van der Waals surface area contributed by atoms with Crippen LogP contribution in [0, 0.1) is 5.92 Å². The van der Waals surface area contributed by atoms with Gasteiger partial charge in [0.25, 0.3) is 0 Å². The van der Waals surface area contributed by atoms with Gasteiger partial charge in [-0.05, 0) is 37.6 Å². The molecule has 0 aliphatic carbocycles. The van der Waals surface area contributed by atoms with E-state index in [4.69, 9.17) is 0 Å². The summed E-state index contributed by atoms with van der Waals surface area (Å²) < 4.78 is 27.1. The van der Waals surface area contributed by atoms with Gasteiger partial charge in [-0.3, -0.25) is 0 Å². The first-order chi connectivity index (χ1) is 9.86. The van der Waals surface area contributed by atoms with E-state index >= 15 is 0 Å². The molecule has 1 rings (SSSR count). The van der Waals surface area contributed by atoms with Crippen LogP contribution in [0.3, 0.4) is 0 Å². The van der Waals surface area contributed by atoms with Gasteiger partial charge in [0, 0.05) is 19.1 Å². The lowest BCUT2D eigenvalue weighted by Crippen LogP contribution is -2.34. The molecule has 4 nitrogen and oxygen atoms in total. The van der Waals surface area contributed by atoms with E-state index in [0.29, 0.717) is 23.9 Å². The summed E-state index contributed by atoms with van der Waals surface area (Å²) >= 11 is 0. The molecule has 0 spiro atoms. The van der Waals surface area contributed by atoms with Crippen molar-refractivity contribution in [1.82, 2.24) is 9.62 Å². The van der Waals surface area contributed by atoms with Crippen molar-refractivity contribution in [2.75, 3.05) is 20.1 Å². The molecule has 0 saturated carbocycles. The molecular weight excluding hydrogens is 284 g/mol. The zero-order valence-corrected chi connectivity index (χ0v) is 14.6. The zero-order valence-electron chi connectivity index (χ0n) is 13.8. The summed E-state index contributed by atoms with van der Waals surface area (Å²) in [6.45, 7) is 9.14. The SMILES string of the molecule is CCC(C)CN(CC)S(=O)(=O)c1cccc(C(C)NC)c1. The van der Waals surface area contributed by atoms with Crippen molar-refractivity contribution in [2.45, 2.75) is 45.1 Å². The average molecular weight is 312 g/mol. The molecular formula is C16H28N2O2S. The summed E-state index contributed by atoms with van der Waals surface area (Å²) in [7, 11) is -1.55. The Morgan fingerprint density at radius 2 is 1.90 bits per heavy atom. The van der Waals surface area contributed by atoms with Crippen LogP contribution in [-0.4, -0.2) is 32.9 Å². The fourth-order valence-electron chi connectivity index (χ4n) is 2.13. The molecule has 0 fully saturated rings. The third kappa shape index (κ3) is 4.53. The standard InChI is InChI=1S/C16H28N2O2S/c1-6-13(3)12-18(7-2)21(19,20)16-10-8-9-15(11-16)14(4)17-5/h8-11,13-14,17H,6-7,12H2,1-5H3. The van der Waals surface area contributed by atoms with Crippen molar-refractivity contribution < 1.29 is 8.42 Å². The summed E-state index contributed by atoms with van der Waals surface area (Å²) in [4.78, 5) is 0.382. The molecule has 0 heterocycles. The van der Waals surface area contributed by atoms with Gasteiger partial charge in [-0.1, -0.05) is 39.3 Å². The van der Waals surface area contributed by atoms with Gasteiger partial charge in [0.05, 0.1) is 4.90 Å². The molecule has 2 unspecified atom stereocenters. The predicted molar refractivity (Wildman–Crippen MR) is 87.8 cm³/mol. The van der Waals surface area contributed by atoms with E-state index in [1.54, 1.807) is 16.4 Å². The Morgan fingerprint density at radius 3 is 2.43 bits per heavy atom. The first-order valence-electron chi connectivity index (χ1n) is 7.64. The fourth-order valence-corrected chi connectivity index (χ4v) is 3.76. The molecule has 0 aliphatic rings. The minimum Gasteiger partial charge on any atom is -0.313 e. The van der Waals surface area contributed by atoms with Crippen LogP contribution >= 0.6 is 0 Å². The highest BCUT2D eigenvalue weighted by molar-refractivity contribution is 7.89. The van der Waals surface area contributed by atoms with E-state index in [9.17, 15) is 8.42 Å². The summed E-state index contributed by atoms with van der Waals surface area (Å²) in [5.74, 6) is 0.360. The van der Waals surface area contributed by atoms with Crippen LogP contribution in [0.5, 0.6) is 0 Å². The highest BCUT2D eigenvalue weighted by atomic mass is 32.2. The molecule has 0 aliphatic heterocycles. The van der Waals surface area contributed by atoms with Crippen LogP contribution in [-0.2, 0) is 10.0 Å². The second-order valence-electron chi connectivity index (χ2n) is 5.55. The summed E-state index contributed by atoms with van der Waals surface area (Å²) in [6.07, 6.45) is 0.975. The first kappa shape index (κ1) is 18.1. The van der Waals surface area contributed by atoms with E-state index in [1.807, 2.05) is 33.0 Å². The second-order valence-corrected chi connectivity index (χ2v) is 7.49. The van der Waals surface area contributed by atoms with Crippen molar-refractivity contribution in [1.29, 1.82) is 0 Å². The maximum absolute atomic E-state index is 12.8. The van der Waals surface area contributed by atoms with Gasteiger partial charge in [-0.2, -0.15) is 4.31 Å². The van der Waals surface area contributed by atoms with Gasteiger partial charge in [-0.25, -0.2) is 8.42 Å². The van der Waals surface area contributed by atoms with Gasteiger partial charge < -0.3 is 5.32 Å². The molecule has 1 aromatic rings. The lowest BCUT2D eigenvalue weighted by Gasteiger charge is -2.24. The third-order valence-corrected chi connectivity index (χ3v) is 5.93. The number of hydrogen-bond acceptors (Lipinski definition) is 3. The maximum atomic E-state index is 12.8. The summed E-state index contributed by atoms with van der Waals surface area (Å²) in [5, 5.41) is 3.14. The molecule has 1 aromatic carbocycles. The lowest BCUT2D eigenvalue weighted by molar-refractivity contribution is 0.361. The molecule has 0 aromatic heterocycles. The van der Waals surface area contributed by atoms with Crippen molar-refractivity contribution in [2.24, 2.45) is 5.92 Å². The van der Waals surface area contributed by atoms with Gasteiger partial charge >= 0.3 is 0 Å². The molecule has 120 valence electrons. The van der Waals surface area contributed by atoms with E-state index in [1.165, 1.54) is 0 Å². The number of sulfonamides is 1. The Balaban J connectivity index is 3.11. The lowest BCUT2D eigenvalue weighted by atomic mass is 10.1. The zero-order chi connectivity index (χ0) is 16.0. The van der Waals surface area contributed by atoms with Gasteiger partial charge in [-0.15, -0.1) is 0 Å². The monoisotopic (exact) mass is 312 g/mol. The molecule has 5 heteroatoms. The largest absolute Gasteiger partial charge is 0.313 e. The topological polar surface area (TPSA) is 49.4 Å². The van der Waals surface area contributed by atoms with Crippen LogP contribution in [0.1, 0.15) is 45.7 Å². The van der Waals surface area contributed by atoms with E-state index in [2.05, 4.69) is 19.2 Å². The third-order valence-electron chi connectivity index (χ3n) is 3.99. The van der Waals surface area contributed by atoms with E-state index in [-0.39, 0.29) is 6.04 Å². The normalized spacial score (nSPS) is 15.1. The van der Waals surface area contributed by atoms with Crippen LogP contribution < -0.4 is 5.32 Å².